The second-order valence-corrected chi connectivity index (χ2v) is 5.15. The number of aliphatic hydroxyl groups is 1. The van der Waals surface area contributed by atoms with Crippen LogP contribution in [-0.4, -0.2) is 14.9 Å². The smallest absolute Gasteiger partial charge is 0.159 e. The molecule has 1 heterocycles. The Morgan fingerprint density at radius 1 is 1.14 bits per heavy atom. The largest absolute Gasteiger partial charge is 0.388 e. The highest BCUT2D eigenvalue weighted by atomic mass is 19.2. The van der Waals surface area contributed by atoms with Crippen LogP contribution in [-0.2, 0) is 6.42 Å². The van der Waals surface area contributed by atoms with E-state index in [-0.39, 0.29) is 6.42 Å². The summed E-state index contributed by atoms with van der Waals surface area (Å²) in [7, 11) is 0. The first kappa shape index (κ1) is 15.6. The normalized spacial score (nSPS) is 12.9. The summed E-state index contributed by atoms with van der Waals surface area (Å²) < 4.78 is 28.0. The van der Waals surface area contributed by atoms with E-state index >= 15 is 0 Å². The zero-order valence-corrected chi connectivity index (χ0v) is 12.3. The van der Waals surface area contributed by atoms with Gasteiger partial charge in [0.25, 0.3) is 0 Å². The van der Waals surface area contributed by atoms with Crippen LogP contribution in [0.25, 0.3) is 0 Å². The SMILES string of the molecule is CCC(CC)n1ccc(CC(O)c2ccc(F)c(F)c2)n1. The van der Waals surface area contributed by atoms with E-state index in [0.717, 1.165) is 30.7 Å². The fraction of sp³-hybridized carbons (Fsp3) is 0.438. The van der Waals surface area contributed by atoms with Crippen molar-refractivity contribution in [3.63, 3.8) is 0 Å². The Labute approximate surface area is 123 Å². The van der Waals surface area contributed by atoms with Crippen molar-refractivity contribution in [2.24, 2.45) is 0 Å². The minimum Gasteiger partial charge on any atom is -0.388 e. The van der Waals surface area contributed by atoms with Crippen molar-refractivity contribution in [2.75, 3.05) is 0 Å². The van der Waals surface area contributed by atoms with Gasteiger partial charge in [-0.05, 0) is 36.6 Å². The molecule has 0 radical (unpaired) electrons. The monoisotopic (exact) mass is 294 g/mol. The molecule has 2 aromatic rings. The fourth-order valence-corrected chi connectivity index (χ4v) is 2.39. The summed E-state index contributed by atoms with van der Waals surface area (Å²) in [4.78, 5) is 0. The lowest BCUT2D eigenvalue weighted by atomic mass is 10.0. The van der Waals surface area contributed by atoms with Crippen molar-refractivity contribution in [3.8, 4) is 0 Å². The molecule has 0 aliphatic rings. The maximum Gasteiger partial charge on any atom is 0.159 e. The molecule has 0 amide bonds. The van der Waals surface area contributed by atoms with Crippen molar-refractivity contribution in [1.29, 1.82) is 0 Å². The van der Waals surface area contributed by atoms with Crippen molar-refractivity contribution in [2.45, 2.75) is 45.3 Å². The number of hydrogen-bond acceptors (Lipinski definition) is 2. The lowest BCUT2D eigenvalue weighted by Gasteiger charge is -2.13. The Bertz CT molecular complexity index is 594. The molecule has 0 fully saturated rings. The lowest BCUT2D eigenvalue weighted by Crippen LogP contribution is -2.09. The van der Waals surface area contributed by atoms with Crippen LogP contribution in [0.3, 0.4) is 0 Å². The van der Waals surface area contributed by atoms with Gasteiger partial charge in [-0.25, -0.2) is 8.78 Å². The molecule has 1 atom stereocenters. The molecule has 0 saturated carbocycles. The molecule has 0 bridgehead atoms. The van der Waals surface area contributed by atoms with E-state index in [9.17, 15) is 13.9 Å². The summed E-state index contributed by atoms with van der Waals surface area (Å²) in [6.45, 7) is 4.21. The van der Waals surface area contributed by atoms with Crippen molar-refractivity contribution >= 4 is 0 Å². The summed E-state index contributed by atoms with van der Waals surface area (Å²) in [5.41, 5.74) is 1.09. The number of aliphatic hydroxyl groups excluding tert-OH is 1. The quantitative estimate of drug-likeness (QED) is 0.880. The van der Waals surface area contributed by atoms with Gasteiger partial charge in [-0.2, -0.15) is 5.10 Å². The highest BCUT2D eigenvalue weighted by Crippen LogP contribution is 2.21. The number of nitrogens with zero attached hydrogens (tertiary/aromatic N) is 2. The Morgan fingerprint density at radius 3 is 2.48 bits per heavy atom. The molecule has 2 rings (SSSR count). The average molecular weight is 294 g/mol. The van der Waals surface area contributed by atoms with E-state index in [4.69, 9.17) is 0 Å². The molecule has 0 aliphatic heterocycles. The van der Waals surface area contributed by atoms with Crippen LogP contribution in [0.2, 0.25) is 0 Å². The predicted octanol–water partition coefficient (Wildman–Crippen LogP) is 3.80. The van der Waals surface area contributed by atoms with Crippen LogP contribution in [0, 0.1) is 11.6 Å². The Balaban J connectivity index is 2.08. The van der Waals surface area contributed by atoms with Crippen LogP contribution in [0.15, 0.2) is 30.5 Å². The summed E-state index contributed by atoms with van der Waals surface area (Å²) >= 11 is 0. The highest BCUT2D eigenvalue weighted by molar-refractivity contribution is 5.21. The molecule has 1 aromatic heterocycles. The standard InChI is InChI=1S/C16H20F2N2O/c1-3-13(4-2)20-8-7-12(19-20)10-16(21)11-5-6-14(17)15(18)9-11/h5-9,13,16,21H,3-4,10H2,1-2H3. The molecule has 3 nitrogen and oxygen atoms in total. The number of halogens is 2. The molecule has 1 N–H and O–H groups in total. The highest BCUT2D eigenvalue weighted by Gasteiger charge is 2.14. The Hall–Kier alpha value is -1.75. The van der Waals surface area contributed by atoms with Gasteiger partial charge in [0.1, 0.15) is 0 Å². The predicted molar refractivity (Wildman–Crippen MR) is 76.9 cm³/mol. The fourth-order valence-electron chi connectivity index (χ4n) is 2.39. The summed E-state index contributed by atoms with van der Waals surface area (Å²) in [5, 5.41) is 14.6. The molecule has 1 unspecified atom stereocenters. The second kappa shape index (κ2) is 6.80. The zero-order valence-electron chi connectivity index (χ0n) is 12.3. The molecular weight excluding hydrogens is 274 g/mol. The van der Waals surface area contributed by atoms with Gasteiger partial charge in [0.15, 0.2) is 11.6 Å². The van der Waals surface area contributed by atoms with Gasteiger partial charge < -0.3 is 5.11 Å². The third kappa shape index (κ3) is 3.67. The maximum absolute atomic E-state index is 13.2. The van der Waals surface area contributed by atoms with Crippen LogP contribution in [0.5, 0.6) is 0 Å². The van der Waals surface area contributed by atoms with E-state index in [0.29, 0.717) is 11.6 Å². The molecule has 1 aromatic carbocycles. The van der Waals surface area contributed by atoms with E-state index in [2.05, 4.69) is 18.9 Å². The van der Waals surface area contributed by atoms with Crippen LogP contribution < -0.4 is 0 Å². The Kier molecular flexibility index (Phi) is 5.07. The van der Waals surface area contributed by atoms with E-state index in [1.54, 1.807) is 0 Å². The van der Waals surface area contributed by atoms with Gasteiger partial charge in [-0.3, -0.25) is 4.68 Å². The van der Waals surface area contributed by atoms with Gasteiger partial charge in [-0.1, -0.05) is 19.9 Å². The van der Waals surface area contributed by atoms with Gasteiger partial charge in [0.2, 0.25) is 0 Å². The molecule has 5 heteroatoms. The van der Waals surface area contributed by atoms with Crippen molar-refractivity contribution in [3.05, 3.63) is 53.4 Å². The first-order valence-corrected chi connectivity index (χ1v) is 7.22. The molecule has 0 aliphatic carbocycles. The Morgan fingerprint density at radius 2 is 1.86 bits per heavy atom. The number of hydrogen-bond donors (Lipinski definition) is 1. The van der Waals surface area contributed by atoms with Gasteiger partial charge in [0.05, 0.1) is 17.8 Å². The topological polar surface area (TPSA) is 38.0 Å². The molecule has 114 valence electrons. The third-order valence-corrected chi connectivity index (χ3v) is 3.71. The number of aromatic nitrogens is 2. The number of benzene rings is 1. The van der Waals surface area contributed by atoms with Gasteiger partial charge in [0, 0.05) is 12.6 Å². The van der Waals surface area contributed by atoms with E-state index < -0.39 is 17.7 Å². The molecule has 0 spiro atoms. The third-order valence-electron chi connectivity index (χ3n) is 3.71. The van der Waals surface area contributed by atoms with Gasteiger partial charge in [-0.15, -0.1) is 0 Å². The first-order valence-electron chi connectivity index (χ1n) is 7.22. The van der Waals surface area contributed by atoms with E-state index in [1.807, 2.05) is 16.9 Å². The maximum atomic E-state index is 13.2. The molecular formula is C16H20F2N2O. The zero-order chi connectivity index (χ0) is 15.4. The van der Waals surface area contributed by atoms with Crippen LogP contribution in [0.1, 0.15) is 50.1 Å². The van der Waals surface area contributed by atoms with Gasteiger partial charge >= 0.3 is 0 Å². The summed E-state index contributed by atoms with van der Waals surface area (Å²) in [6, 6.07) is 5.64. The average Bonchev–Trinajstić information content (AvgIpc) is 2.91. The number of rotatable bonds is 6. The second-order valence-electron chi connectivity index (χ2n) is 5.15. The minimum atomic E-state index is -0.950. The van der Waals surface area contributed by atoms with Crippen molar-refractivity contribution < 1.29 is 13.9 Å². The van der Waals surface area contributed by atoms with Crippen LogP contribution >= 0.6 is 0 Å². The lowest BCUT2D eigenvalue weighted by molar-refractivity contribution is 0.176. The first-order chi connectivity index (χ1) is 10.0. The van der Waals surface area contributed by atoms with Crippen LogP contribution in [0.4, 0.5) is 8.78 Å². The summed E-state index contributed by atoms with van der Waals surface area (Å²) in [5.74, 6) is -1.86. The summed E-state index contributed by atoms with van der Waals surface area (Å²) in [6.07, 6.45) is 3.25. The molecule has 21 heavy (non-hydrogen) atoms. The molecule has 0 saturated heterocycles. The van der Waals surface area contributed by atoms with Crippen molar-refractivity contribution in [1.82, 2.24) is 9.78 Å². The van der Waals surface area contributed by atoms with E-state index in [1.165, 1.54) is 6.07 Å². The minimum absolute atomic E-state index is 0.276.